The molecule has 1 aromatic rings. The number of piperidine rings is 1. The first-order chi connectivity index (χ1) is 9.22. The summed E-state index contributed by atoms with van der Waals surface area (Å²) in [7, 11) is 0. The van der Waals surface area contributed by atoms with Crippen molar-refractivity contribution in [3.8, 4) is 0 Å². The van der Waals surface area contributed by atoms with Gasteiger partial charge < -0.3 is 10.0 Å². The Morgan fingerprint density at radius 3 is 3.16 bits per heavy atom. The molecule has 1 unspecified atom stereocenters. The van der Waals surface area contributed by atoms with Crippen molar-refractivity contribution in [1.29, 1.82) is 0 Å². The van der Waals surface area contributed by atoms with Crippen molar-refractivity contribution >= 4 is 28.8 Å². The molecule has 106 valence electrons. The standard InChI is InChI=1S/C13H19ClN2O2S/c14-7-11-9-19-12(15-11)6-13(18)16-4-1-2-10(8-16)3-5-17/h9-10,17H,1-8H2. The van der Waals surface area contributed by atoms with Crippen LogP contribution in [0.25, 0.3) is 0 Å². The summed E-state index contributed by atoms with van der Waals surface area (Å²) in [6.07, 6.45) is 3.30. The van der Waals surface area contributed by atoms with Gasteiger partial charge in [0.25, 0.3) is 0 Å². The van der Waals surface area contributed by atoms with Crippen LogP contribution in [0.4, 0.5) is 0 Å². The molecule has 1 aliphatic rings. The summed E-state index contributed by atoms with van der Waals surface area (Å²) < 4.78 is 0. The molecule has 1 atom stereocenters. The fraction of sp³-hybridized carbons (Fsp3) is 0.692. The lowest BCUT2D eigenvalue weighted by Gasteiger charge is -2.32. The molecule has 1 aliphatic heterocycles. The van der Waals surface area contributed by atoms with Crippen LogP contribution in [0.2, 0.25) is 0 Å². The van der Waals surface area contributed by atoms with Crippen molar-refractivity contribution in [2.75, 3.05) is 19.7 Å². The van der Waals surface area contributed by atoms with Gasteiger partial charge in [-0.1, -0.05) is 0 Å². The van der Waals surface area contributed by atoms with Crippen LogP contribution in [0.15, 0.2) is 5.38 Å². The first-order valence-electron chi connectivity index (χ1n) is 6.60. The van der Waals surface area contributed by atoms with Crippen LogP contribution in [0.1, 0.15) is 30.0 Å². The molecule has 0 bridgehead atoms. The van der Waals surface area contributed by atoms with E-state index < -0.39 is 0 Å². The van der Waals surface area contributed by atoms with Crippen LogP contribution >= 0.6 is 22.9 Å². The molecular weight excluding hydrogens is 284 g/mol. The van der Waals surface area contributed by atoms with Gasteiger partial charge in [-0.2, -0.15) is 0 Å². The zero-order chi connectivity index (χ0) is 13.7. The molecule has 1 aromatic heterocycles. The van der Waals surface area contributed by atoms with E-state index >= 15 is 0 Å². The number of nitrogens with zero attached hydrogens (tertiary/aromatic N) is 2. The van der Waals surface area contributed by atoms with Gasteiger partial charge in [0.15, 0.2) is 0 Å². The van der Waals surface area contributed by atoms with Crippen LogP contribution in [0, 0.1) is 5.92 Å². The minimum absolute atomic E-state index is 0.137. The van der Waals surface area contributed by atoms with Crippen molar-refractivity contribution in [3.63, 3.8) is 0 Å². The van der Waals surface area contributed by atoms with Gasteiger partial charge in [-0.05, 0) is 25.2 Å². The molecule has 0 spiro atoms. The van der Waals surface area contributed by atoms with Crippen molar-refractivity contribution in [2.45, 2.75) is 31.6 Å². The molecule has 19 heavy (non-hydrogen) atoms. The number of likely N-dealkylation sites (tertiary alicyclic amines) is 1. The minimum Gasteiger partial charge on any atom is -0.396 e. The zero-order valence-corrected chi connectivity index (χ0v) is 12.4. The maximum Gasteiger partial charge on any atom is 0.229 e. The predicted molar refractivity (Wildman–Crippen MR) is 76.4 cm³/mol. The normalized spacial score (nSPS) is 19.7. The third-order valence-electron chi connectivity index (χ3n) is 3.45. The Morgan fingerprint density at radius 2 is 2.47 bits per heavy atom. The molecule has 6 heteroatoms. The molecule has 1 fully saturated rings. The third-order valence-corrected chi connectivity index (χ3v) is 4.62. The SMILES string of the molecule is O=C(Cc1nc(CCl)cs1)N1CCCC(CCO)C1. The van der Waals surface area contributed by atoms with E-state index in [2.05, 4.69) is 4.98 Å². The molecular formula is C13H19ClN2O2S. The summed E-state index contributed by atoms with van der Waals surface area (Å²) in [6.45, 7) is 1.81. The average molecular weight is 303 g/mol. The van der Waals surface area contributed by atoms with Gasteiger partial charge in [0.1, 0.15) is 5.01 Å². The van der Waals surface area contributed by atoms with Gasteiger partial charge in [0.05, 0.1) is 18.0 Å². The van der Waals surface area contributed by atoms with E-state index in [1.165, 1.54) is 11.3 Å². The largest absolute Gasteiger partial charge is 0.396 e. The predicted octanol–water partition coefficient (Wildman–Crippen LogP) is 2.05. The minimum atomic E-state index is 0.137. The van der Waals surface area contributed by atoms with Crippen molar-refractivity contribution < 1.29 is 9.90 Å². The number of thiazole rings is 1. The first kappa shape index (κ1) is 14.8. The first-order valence-corrected chi connectivity index (χ1v) is 8.02. The highest BCUT2D eigenvalue weighted by atomic mass is 35.5. The van der Waals surface area contributed by atoms with E-state index in [9.17, 15) is 4.79 Å². The number of hydrogen-bond donors (Lipinski definition) is 1. The Labute approximate surface area is 122 Å². The van der Waals surface area contributed by atoms with Crippen LogP contribution in [-0.4, -0.2) is 40.6 Å². The maximum atomic E-state index is 12.2. The number of halogens is 1. The van der Waals surface area contributed by atoms with E-state index in [0.29, 0.717) is 18.2 Å². The van der Waals surface area contributed by atoms with E-state index in [-0.39, 0.29) is 12.5 Å². The molecule has 2 heterocycles. The van der Waals surface area contributed by atoms with Gasteiger partial charge >= 0.3 is 0 Å². The second-order valence-corrected chi connectivity index (χ2v) is 6.11. The molecule has 2 rings (SSSR count). The summed E-state index contributed by atoms with van der Waals surface area (Å²) in [4.78, 5) is 18.4. The van der Waals surface area contributed by atoms with Crippen LogP contribution in [0.5, 0.6) is 0 Å². The smallest absolute Gasteiger partial charge is 0.229 e. The molecule has 1 amide bonds. The Bertz CT molecular complexity index is 423. The number of aromatic nitrogens is 1. The second kappa shape index (κ2) is 7.22. The lowest BCUT2D eigenvalue weighted by atomic mass is 9.95. The summed E-state index contributed by atoms with van der Waals surface area (Å²) >= 11 is 7.20. The number of carbonyl (C=O) groups excluding carboxylic acids is 1. The Balaban J connectivity index is 1.88. The fourth-order valence-electron chi connectivity index (χ4n) is 2.44. The monoisotopic (exact) mass is 302 g/mol. The fourth-order valence-corrected chi connectivity index (χ4v) is 3.46. The van der Waals surface area contributed by atoms with Gasteiger partial charge in [-0.25, -0.2) is 4.98 Å². The quantitative estimate of drug-likeness (QED) is 0.847. The lowest BCUT2D eigenvalue weighted by Crippen LogP contribution is -2.40. The number of hydrogen-bond acceptors (Lipinski definition) is 4. The van der Waals surface area contributed by atoms with Gasteiger partial charge in [-0.15, -0.1) is 22.9 Å². The van der Waals surface area contributed by atoms with Gasteiger partial charge in [0.2, 0.25) is 5.91 Å². The number of carbonyl (C=O) groups is 1. The van der Waals surface area contributed by atoms with E-state index in [1.54, 1.807) is 0 Å². The van der Waals surface area contributed by atoms with E-state index in [4.69, 9.17) is 16.7 Å². The molecule has 1 saturated heterocycles. The Morgan fingerprint density at radius 1 is 1.63 bits per heavy atom. The second-order valence-electron chi connectivity index (χ2n) is 4.90. The number of amides is 1. The average Bonchev–Trinajstić information content (AvgIpc) is 2.87. The molecule has 0 saturated carbocycles. The van der Waals surface area contributed by atoms with Crippen molar-refractivity contribution in [3.05, 3.63) is 16.1 Å². The molecule has 0 aliphatic carbocycles. The summed E-state index contributed by atoms with van der Waals surface area (Å²) in [5.74, 6) is 0.975. The number of alkyl halides is 1. The van der Waals surface area contributed by atoms with Gasteiger partial charge in [0, 0.05) is 25.1 Å². The lowest BCUT2D eigenvalue weighted by molar-refractivity contribution is -0.132. The Kier molecular flexibility index (Phi) is 5.60. The maximum absolute atomic E-state index is 12.2. The topological polar surface area (TPSA) is 53.4 Å². The molecule has 1 N–H and O–H groups in total. The number of aliphatic hydroxyl groups excluding tert-OH is 1. The summed E-state index contributed by atoms with van der Waals surface area (Å²) in [5.41, 5.74) is 0.839. The molecule has 0 aromatic carbocycles. The van der Waals surface area contributed by atoms with Crippen molar-refractivity contribution in [1.82, 2.24) is 9.88 Å². The highest BCUT2D eigenvalue weighted by Gasteiger charge is 2.23. The van der Waals surface area contributed by atoms with Crippen LogP contribution < -0.4 is 0 Å². The summed E-state index contributed by atoms with van der Waals surface area (Å²) in [5, 5.41) is 11.7. The third kappa shape index (κ3) is 4.16. The van der Waals surface area contributed by atoms with E-state index in [0.717, 1.165) is 43.1 Å². The van der Waals surface area contributed by atoms with E-state index in [1.807, 2.05) is 10.3 Å². The highest BCUT2D eigenvalue weighted by Crippen LogP contribution is 2.20. The number of rotatable bonds is 5. The zero-order valence-electron chi connectivity index (χ0n) is 10.8. The summed E-state index contributed by atoms with van der Waals surface area (Å²) in [6, 6.07) is 0. The molecule has 4 nitrogen and oxygen atoms in total. The van der Waals surface area contributed by atoms with Crippen LogP contribution in [-0.2, 0) is 17.1 Å². The van der Waals surface area contributed by atoms with Gasteiger partial charge in [-0.3, -0.25) is 4.79 Å². The number of aliphatic hydroxyl groups is 1. The Hall–Kier alpha value is -0.650. The van der Waals surface area contributed by atoms with Crippen LogP contribution in [0.3, 0.4) is 0 Å². The molecule has 0 radical (unpaired) electrons. The van der Waals surface area contributed by atoms with Crippen molar-refractivity contribution in [2.24, 2.45) is 5.92 Å². The highest BCUT2D eigenvalue weighted by molar-refractivity contribution is 7.09.